The average molecular weight is 739 g/mol. The molecule has 4 aromatic carbocycles. The molecule has 1 saturated heterocycles. The van der Waals surface area contributed by atoms with E-state index in [0.717, 1.165) is 48.3 Å². The van der Waals surface area contributed by atoms with E-state index in [-0.39, 0.29) is 31.3 Å². The van der Waals surface area contributed by atoms with Gasteiger partial charge in [-0.1, -0.05) is 121 Å². The third kappa shape index (κ3) is 9.64. The maximum Gasteiger partial charge on any atom is 0.328 e. The number of urea groups is 1. The molecule has 0 spiro atoms. The van der Waals surface area contributed by atoms with Crippen molar-refractivity contribution in [3.8, 4) is 11.1 Å². The molecule has 12 heteroatoms. The number of amides is 2. The van der Waals surface area contributed by atoms with Gasteiger partial charge in [0.15, 0.2) is 10.6 Å². The number of hydrogen-bond donors (Lipinski definition) is 3. The molecule has 0 saturated carbocycles. The van der Waals surface area contributed by atoms with Crippen molar-refractivity contribution in [1.82, 2.24) is 20.8 Å². The lowest BCUT2D eigenvalue weighted by molar-refractivity contribution is -0.268. The van der Waals surface area contributed by atoms with Crippen molar-refractivity contribution < 1.29 is 28.9 Å². The van der Waals surface area contributed by atoms with Gasteiger partial charge in [0.2, 0.25) is 0 Å². The second-order valence-electron chi connectivity index (χ2n) is 12.6. The fourth-order valence-corrected chi connectivity index (χ4v) is 8.11. The van der Waals surface area contributed by atoms with Crippen LogP contribution in [0.15, 0.2) is 107 Å². The molecule has 1 fully saturated rings. The first-order chi connectivity index (χ1) is 25.3. The monoisotopic (exact) mass is 738 g/mol. The Bertz CT molecular complexity index is 1940. The van der Waals surface area contributed by atoms with Crippen LogP contribution < -0.4 is 10.6 Å². The Morgan fingerprint density at radius 1 is 0.885 bits per heavy atom. The highest BCUT2D eigenvalue weighted by molar-refractivity contribution is 8.01. The summed E-state index contributed by atoms with van der Waals surface area (Å²) in [6, 6.07) is 32.1. The fraction of sp³-hybridized carbons (Fsp3) is 0.300. The number of thioether (sulfide) groups is 1. The van der Waals surface area contributed by atoms with Crippen LogP contribution in [0.4, 0.5) is 4.79 Å². The Kier molecular flexibility index (Phi) is 12.7. The minimum absolute atomic E-state index is 0.0184. The molecule has 1 aromatic heterocycles. The zero-order valence-corrected chi connectivity index (χ0v) is 30.9. The number of rotatable bonds is 13. The Hall–Kier alpha value is -4.59. The van der Waals surface area contributed by atoms with Crippen molar-refractivity contribution in [3.63, 3.8) is 0 Å². The van der Waals surface area contributed by atoms with Gasteiger partial charge in [0.1, 0.15) is 11.0 Å². The van der Waals surface area contributed by atoms with E-state index in [0.29, 0.717) is 12.2 Å². The molecule has 0 bridgehead atoms. The van der Waals surface area contributed by atoms with Gasteiger partial charge in [-0.3, -0.25) is 0 Å². The van der Waals surface area contributed by atoms with E-state index in [2.05, 4.69) is 33.8 Å². The zero-order valence-electron chi connectivity index (χ0n) is 29.2. The van der Waals surface area contributed by atoms with Gasteiger partial charge in [-0.05, 0) is 52.4 Å². The highest BCUT2D eigenvalue weighted by Gasteiger charge is 2.38. The lowest BCUT2D eigenvalue weighted by Gasteiger charge is -2.41. The summed E-state index contributed by atoms with van der Waals surface area (Å²) >= 11 is 3.21. The molecule has 1 aliphatic heterocycles. The van der Waals surface area contributed by atoms with Gasteiger partial charge in [0.25, 0.3) is 0 Å². The van der Waals surface area contributed by atoms with E-state index in [9.17, 15) is 14.7 Å². The van der Waals surface area contributed by atoms with Crippen LogP contribution in [0.25, 0.3) is 11.1 Å². The minimum atomic E-state index is -0.819. The van der Waals surface area contributed by atoms with Crippen LogP contribution >= 0.6 is 23.1 Å². The largest absolute Gasteiger partial charge is 0.467 e. The van der Waals surface area contributed by atoms with Crippen LogP contribution in [0.2, 0.25) is 0 Å². The van der Waals surface area contributed by atoms with Crippen molar-refractivity contribution in [3.05, 3.63) is 136 Å². The maximum absolute atomic E-state index is 12.9. The SMILES string of the molecule is COC(=O)[C@H](Cc1ccccc1)NC(=O)NCc1cccc(-c2cccc([C@H]3O[C@@H](CSc4nnc(C)s4)[C@@H](C)[C@@H](c4ccc(CO)cc4)O3)c2)c1. The van der Waals surface area contributed by atoms with E-state index in [1.54, 1.807) is 23.1 Å². The van der Waals surface area contributed by atoms with Gasteiger partial charge in [0.05, 0.1) is 25.9 Å². The molecule has 0 unspecified atom stereocenters. The summed E-state index contributed by atoms with van der Waals surface area (Å²) in [5.41, 5.74) is 6.51. The number of aliphatic hydroxyl groups excluding tert-OH is 1. The predicted octanol–water partition coefficient (Wildman–Crippen LogP) is 7.17. The molecule has 1 aliphatic rings. The Balaban J connectivity index is 1.15. The van der Waals surface area contributed by atoms with Gasteiger partial charge in [-0.25, -0.2) is 9.59 Å². The highest BCUT2D eigenvalue weighted by atomic mass is 32.2. The molecular weight excluding hydrogens is 697 g/mol. The van der Waals surface area contributed by atoms with E-state index < -0.39 is 24.3 Å². The number of ether oxygens (including phenoxy) is 3. The number of benzene rings is 4. The number of methoxy groups -OCH3 is 1. The molecule has 0 aliphatic carbocycles. The number of carbonyl (C=O) groups excluding carboxylic acids is 2. The zero-order chi connectivity index (χ0) is 36.5. The van der Waals surface area contributed by atoms with Gasteiger partial charge < -0.3 is 30.0 Å². The van der Waals surface area contributed by atoms with Crippen molar-refractivity contribution in [2.24, 2.45) is 5.92 Å². The molecule has 2 amide bonds. The van der Waals surface area contributed by atoms with Crippen LogP contribution in [0.5, 0.6) is 0 Å². The molecule has 6 rings (SSSR count). The van der Waals surface area contributed by atoms with Crippen molar-refractivity contribution in [2.75, 3.05) is 12.9 Å². The molecule has 5 aromatic rings. The molecule has 5 atom stereocenters. The third-order valence-corrected chi connectivity index (χ3v) is 11.0. The van der Waals surface area contributed by atoms with E-state index in [4.69, 9.17) is 14.2 Å². The lowest BCUT2D eigenvalue weighted by atomic mass is 9.91. The molecule has 10 nitrogen and oxygen atoms in total. The van der Waals surface area contributed by atoms with Gasteiger partial charge in [-0.15, -0.1) is 10.2 Å². The Labute approximate surface area is 311 Å². The molecule has 3 N–H and O–H groups in total. The van der Waals surface area contributed by atoms with Crippen LogP contribution in [0, 0.1) is 12.8 Å². The molecule has 2 heterocycles. The summed E-state index contributed by atoms with van der Waals surface area (Å²) in [6.07, 6.45) is -0.665. The van der Waals surface area contributed by atoms with Crippen LogP contribution in [0.1, 0.15) is 52.1 Å². The number of nitrogens with one attached hydrogen (secondary N) is 2. The number of nitrogens with zero attached hydrogens (tertiary/aromatic N) is 2. The number of carbonyl (C=O) groups is 2. The van der Waals surface area contributed by atoms with Crippen LogP contribution in [-0.2, 0) is 38.6 Å². The van der Waals surface area contributed by atoms with Crippen LogP contribution in [-0.4, -0.2) is 52.3 Å². The third-order valence-electron chi connectivity index (χ3n) is 8.95. The summed E-state index contributed by atoms with van der Waals surface area (Å²) in [7, 11) is 1.31. The molecule has 52 heavy (non-hydrogen) atoms. The normalized spacial score (nSPS) is 19.1. The van der Waals surface area contributed by atoms with E-state index >= 15 is 0 Å². The lowest BCUT2D eigenvalue weighted by Crippen LogP contribution is -2.47. The van der Waals surface area contributed by atoms with Gasteiger partial charge in [-0.2, -0.15) is 0 Å². The van der Waals surface area contributed by atoms with E-state index in [1.165, 1.54) is 7.11 Å². The number of aryl methyl sites for hydroxylation is 1. The fourth-order valence-electron chi connectivity index (χ4n) is 6.10. The number of esters is 1. The van der Waals surface area contributed by atoms with Gasteiger partial charge in [0, 0.05) is 30.2 Å². The van der Waals surface area contributed by atoms with Gasteiger partial charge >= 0.3 is 12.0 Å². The summed E-state index contributed by atoms with van der Waals surface area (Å²) in [5, 5.41) is 24.6. The first kappa shape index (κ1) is 37.2. The molecule has 0 radical (unpaired) electrons. The minimum Gasteiger partial charge on any atom is -0.467 e. The first-order valence-electron chi connectivity index (χ1n) is 17.1. The standard InChI is InChI=1S/C40H42N4O6S2/c1-25-35(24-51-40-44-43-26(2)52-40)49-38(50-36(25)30-17-15-28(23-45)16-18-30)33-14-8-13-32(21-33)31-12-7-11-29(19-31)22-41-39(47)42-34(37(46)48-3)20-27-9-5-4-6-10-27/h4-19,21,25,34-36,38,45H,20,22-24H2,1-3H3,(H2,41,42,47)/t25-,34+,35+,36+,38+/m1/s1. The second kappa shape index (κ2) is 17.8. The molecule has 270 valence electrons. The van der Waals surface area contributed by atoms with Crippen molar-refractivity contribution in [1.29, 1.82) is 0 Å². The van der Waals surface area contributed by atoms with E-state index in [1.807, 2.05) is 104 Å². The van der Waals surface area contributed by atoms with Crippen molar-refractivity contribution in [2.45, 2.75) is 62.3 Å². The van der Waals surface area contributed by atoms with Crippen LogP contribution in [0.3, 0.4) is 0 Å². The summed E-state index contributed by atoms with van der Waals surface area (Å²) in [4.78, 5) is 25.3. The first-order valence-corrected chi connectivity index (χ1v) is 18.9. The average Bonchev–Trinajstić information content (AvgIpc) is 3.61. The van der Waals surface area contributed by atoms with Crippen molar-refractivity contribution >= 4 is 35.1 Å². The summed E-state index contributed by atoms with van der Waals surface area (Å²) in [5.74, 6) is 0.225. The number of aliphatic hydroxyl groups is 1. The number of hydrogen-bond acceptors (Lipinski definition) is 10. The summed E-state index contributed by atoms with van der Waals surface area (Å²) in [6.45, 7) is 4.33. The Morgan fingerprint density at radius 3 is 2.33 bits per heavy atom. The highest BCUT2D eigenvalue weighted by Crippen LogP contribution is 2.43. The second-order valence-corrected chi connectivity index (χ2v) is 15.1. The predicted molar refractivity (Wildman–Crippen MR) is 202 cm³/mol. The summed E-state index contributed by atoms with van der Waals surface area (Å²) < 4.78 is 19.2. The quantitative estimate of drug-likeness (QED) is 0.0850. The number of aromatic nitrogens is 2. The Morgan fingerprint density at radius 2 is 1.62 bits per heavy atom. The topological polar surface area (TPSA) is 132 Å². The molecular formula is C40H42N4O6S2. The maximum atomic E-state index is 12.9. The smallest absolute Gasteiger partial charge is 0.328 e.